The second-order valence-electron chi connectivity index (χ2n) is 13.0. The third kappa shape index (κ3) is 6.96. The number of hydrogen-bond donors (Lipinski definition) is 3. The Kier molecular flexibility index (Phi) is 9.47. The van der Waals surface area contributed by atoms with Crippen molar-refractivity contribution < 1.29 is 14.4 Å². The summed E-state index contributed by atoms with van der Waals surface area (Å²) in [6.07, 6.45) is 4.08. The number of carbonyl (C=O) groups excluding carboxylic acids is 3. The van der Waals surface area contributed by atoms with Gasteiger partial charge in [0.05, 0.1) is 35.2 Å². The minimum absolute atomic E-state index is 0.0578. The predicted molar refractivity (Wildman–Crippen MR) is 195 cm³/mol. The van der Waals surface area contributed by atoms with Gasteiger partial charge in [0, 0.05) is 58.1 Å². The minimum atomic E-state index is -0.546. The van der Waals surface area contributed by atoms with E-state index in [1.807, 2.05) is 50.2 Å². The van der Waals surface area contributed by atoms with E-state index in [4.69, 9.17) is 4.98 Å². The Bertz CT molecular complexity index is 2300. The molecule has 6 rings (SSSR count). The van der Waals surface area contributed by atoms with Gasteiger partial charge >= 0.3 is 5.69 Å². The average Bonchev–Trinajstić information content (AvgIpc) is 3.57. The van der Waals surface area contributed by atoms with E-state index in [1.165, 1.54) is 0 Å². The number of fused-ring (bicyclic) bond motifs is 1. The molecule has 3 N–H and O–H groups in total. The highest BCUT2D eigenvalue weighted by Crippen LogP contribution is 2.33. The molecule has 3 amide bonds. The molecule has 1 fully saturated rings. The lowest BCUT2D eigenvalue weighted by Gasteiger charge is -2.22. The van der Waals surface area contributed by atoms with E-state index < -0.39 is 6.04 Å². The zero-order chi connectivity index (χ0) is 36.6. The van der Waals surface area contributed by atoms with Gasteiger partial charge in [0.2, 0.25) is 11.8 Å². The van der Waals surface area contributed by atoms with E-state index in [9.17, 15) is 19.2 Å². The SMILES string of the molecule is Cc1cc(-c2ccc(N(C)c3cc(C(C)C)c4c(c3)n(C)c(=O)n4C)cn2)cnc1C(=O)NCC#Cc1cc(NC2CCC(=O)NC2=O)nn1C. The van der Waals surface area contributed by atoms with Gasteiger partial charge in [-0.1, -0.05) is 19.8 Å². The molecular formula is C37H40N10O4. The molecule has 5 aromatic rings. The average molecular weight is 689 g/mol. The van der Waals surface area contributed by atoms with E-state index in [0.29, 0.717) is 34.9 Å². The molecule has 0 bridgehead atoms. The number of amides is 3. The number of nitrogens with one attached hydrogen (secondary N) is 3. The molecule has 4 aromatic heterocycles. The molecule has 1 aromatic carbocycles. The van der Waals surface area contributed by atoms with Gasteiger partial charge < -0.3 is 15.5 Å². The second kappa shape index (κ2) is 13.9. The lowest BCUT2D eigenvalue weighted by Crippen LogP contribution is -2.47. The van der Waals surface area contributed by atoms with E-state index in [0.717, 1.165) is 33.5 Å². The van der Waals surface area contributed by atoms with Gasteiger partial charge in [-0.2, -0.15) is 5.10 Å². The summed E-state index contributed by atoms with van der Waals surface area (Å²) in [6, 6.07) is 11.1. The number of imide groups is 1. The van der Waals surface area contributed by atoms with Gasteiger partial charge in [0.1, 0.15) is 23.2 Å². The smallest absolute Gasteiger partial charge is 0.328 e. The van der Waals surface area contributed by atoms with Crippen LogP contribution in [0.25, 0.3) is 22.3 Å². The van der Waals surface area contributed by atoms with Crippen LogP contribution in [0.3, 0.4) is 0 Å². The van der Waals surface area contributed by atoms with Crippen molar-refractivity contribution in [2.45, 2.75) is 45.6 Å². The number of carbonyl (C=O) groups is 3. The summed E-state index contributed by atoms with van der Waals surface area (Å²) in [5.74, 6) is 5.59. The van der Waals surface area contributed by atoms with Crippen LogP contribution in [0.15, 0.2) is 53.6 Å². The van der Waals surface area contributed by atoms with Crippen molar-refractivity contribution in [3.63, 3.8) is 0 Å². The Hall–Kier alpha value is -6.23. The van der Waals surface area contributed by atoms with E-state index in [1.54, 1.807) is 46.4 Å². The first-order valence-electron chi connectivity index (χ1n) is 16.6. The second-order valence-corrected chi connectivity index (χ2v) is 13.0. The van der Waals surface area contributed by atoms with Crippen LogP contribution in [0.1, 0.15) is 59.9 Å². The van der Waals surface area contributed by atoms with Crippen molar-refractivity contribution in [1.82, 2.24) is 39.5 Å². The van der Waals surface area contributed by atoms with Gasteiger partial charge in [-0.3, -0.25) is 43.5 Å². The number of imidazole rings is 1. The fourth-order valence-corrected chi connectivity index (χ4v) is 6.17. The van der Waals surface area contributed by atoms with Gasteiger partial charge in [0.15, 0.2) is 0 Å². The van der Waals surface area contributed by atoms with Crippen LogP contribution in [0.2, 0.25) is 0 Å². The number of aromatic nitrogens is 6. The first-order valence-corrected chi connectivity index (χ1v) is 16.6. The Morgan fingerprint density at radius 3 is 2.51 bits per heavy atom. The van der Waals surface area contributed by atoms with Crippen LogP contribution >= 0.6 is 0 Å². The Morgan fingerprint density at radius 2 is 1.82 bits per heavy atom. The number of aryl methyl sites for hydroxylation is 4. The van der Waals surface area contributed by atoms with Crippen molar-refractivity contribution in [1.29, 1.82) is 0 Å². The summed E-state index contributed by atoms with van der Waals surface area (Å²) in [6.45, 7) is 6.16. The normalized spacial score (nSPS) is 14.3. The first-order chi connectivity index (χ1) is 24.3. The molecule has 14 nitrogen and oxygen atoms in total. The van der Waals surface area contributed by atoms with Gasteiger partial charge in [-0.25, -0.2) is 4.79 Å². The maximum atomic E-state index is 12.9. The maximum Gasteiger partial charge on any atom is 0.328 e. The van der Waals surface area contributed by atoms with Crippen LogP contribution in [0.5, 0.6) is 0 Å². The highest BCUT2D eigenvalue weighted by atomic mass is 16.2. The molecule has 262 valence electrons. The van der Waals surface area contributed by atoms with Crippen LogP contribution in [0, 0.1) is 18.8 Å². The van der Waals surface area contributed by atoms with Crippen LogP contribution in [-0.4, -0.2) is 66.2 Å². The maximum absolute atomic E-state index is 12.9. The van der Waals surface area contributed by atoms with Crippen LogP contribution < -0.4 is 26.5 Å². The Labute approximate surface area is 294 Å². The number of hydrogen-bond acceptors (Lipinski definition) is 9. The standard InChI is InChI=1S/C37H40N10O4/c1-21(2)27-16-26(17-30-34(27)46(6)37(51)45(30)5)44(4)25-10-11-28(39-20-25)23-15-22(3)33(40-19-23)36(50)38-14-8-9-24-18-31(43-47(24)7)41-29-12-13-32(48)42-35(29)49/h10-11,15-21,29H,12-14H2,1-7H3,(H,38,50)(H,41,43)(H,42,48,49). The summed E-state index contributed by atoms with van der Waals surface area (Å²) in [7, 11) is 7.30. The zero-order valence-corrected chi connectivity index (χ0v) is 29.7. The fourth-order valence-electron chi connectivity index (χ4n) is 6.17. The number of nitrogens with zero attached hydrogens (tertiary/aromatic N) is 7. The highest BCUT2D eigenvalue weighted by Gasteiger charge is 2.27. The molecule has 5 heterocycles. The molecule has 0 aliphatic carbocycles. The van der Waals surface area contributed by atoms with E-state index in [2.05, 4.69) is 57.8 Å². The summed E-state index contributed by atoms with van der Waals surface area (Å²) in [4.78, 5) is 60.3. The minimum Gasteiger partial charge on any atom is -0.357 e. The van der Waals surface area contributed by atoms with Crippen molar-refractivity contribution in [3.8, 4) is 23.1 Å². The van der Waals surface area contributed by atoms with E-state index >= 15 is 0 Å². The van der Waals surface area contributed by atoms with Crippen molar-refractivity contribution in [3.05, 3.63) is 81.8 Å². The van der Waals surface area contributed by atoms with Gasteiger partial charge in [-0.05, 0) is 66.6 Å². The lowest BCUT2D eigenvalue weighted by atomic mass is 10.00. The van der Waals surface area contributed by atoms with Gasteiger partial charge in [-0.15, -0.1) is 0 Å². The van der Waals surface area contributed by atoms with Gasteiger partial charge in [0.25, 0.3) is 5.91 Å². The summed E-state index contributed by atoms with van der Waals surface area (Å²) >= 11 is 0. The summed E-state index contributed by atoms with van der Waals surface area (Å²) in [5.41, 5.74) is 7.75. The molecule has 0 radical (unpaired) electrons. The number of anilines is 3. The van der Waals surface area contributed by atoms with Crippen molar-refractivity contribution in [2.24, 2.45) is 21.1 Å². The van der Waals surface area contributed by atoms with Crippen LogP contribution in [-0.2, 0) is 30.7 Å². The molecule has 0 spiro atoms. The lowest BCUT2D eigenvalue weighted by molar-refractivity contribution is -0.133. The highest BCUT2D eigenvalue weighted by molar-refractivity contribution is 6.01. The van der Waals surface area contributed by atoms with E-state index in [-0.39, 0.29) is 42.3 Å². The molecule has 14 heteroatoms. The molecular weight excluding hydrogens is 648 g/mol. The van der Waals surface area contributed by atoms with Crippen LogP contribution in [0.4, 0.5) is 17.2 Å². The number of benzene rings is 1. The number of rotatable bonds is 8. The summed E-state index contributed by atoms with van der Waals surface area (Å²) < 4.78 is 4.95. The molecule has 51 heavy (non-hydrogen) atoms. The molecule has 1 unspecified atom stereocenters. The molecule has 1 saturated heterocycles. The third-order valence-electron chi connectivity index (χ3n) is 9.10. The quantitative estimate of drug-likeness (QED) is 0.164. The Balaban J connectivity index is 1.09. The molecule has 1 aliphatic heterocycles. The molecule has 0 saturated carbocycles. The molecule has 1 atom stereocenters. The van der Waals surface area contributed by atoms with Crippen molar-refractivity contribution >= 4 is 45.9 Å². The molecule has 1 aliphatic rings. The third-order valence-corrected chi connectivity index (χ3v) is 9.10. The number of piperidine rings is 1. The Morgan fingerprint density at radius 1 is 1.04 bits per heavy atom. The zero-order valence-electron chi connectivity index (χ0n) is 29.7. The monoisotopic (exact) mass is 688 g/mol. The fraction of sp³-hybridized carbons (Fsp3) is 0.324. The first kappa shape index (κ1) is 34.6. The topological polar surface area (TPSA) is 161 Å². The largest absolute Gasteiger partial charge is 0.357 e. The predicted octanol–water partition coefficient (Wildman–Crippen LogP) is 3.27. The van der Waals surface area contributed by atoms with Crippen molar-refractivity contribution in [2.75, 3.05) is 23.8 Å². The number of pyridine rings is 2. The summed E-state index contributed by atoms with van der Waals surface area (Å²) in [5, 5.41) is 12.5.